The van der Waals surface area contributed by atoms with Gasteiger partial charge in [-0.25, -0.2) is 0 Å². The van der Waals surface area contributed by atoms with Gasteiger partial charge in [0, 0.05) is 12.1 Å². The highest BCUT2D eigenvalue weighted by Gasteiger charge is 2.03. The van der Waals surface area contributed by atoms with Gasteiger partial charge in [-0.3, -0.25) is 4.79 Å². The van der Waals surface area contributed by atoms with Crippen LogP contribution < -0.4 is 10.1 Å². The van der Waals surface area contributed by atoms with Gasteiger partial charge in [0.2, 0.25) is 0 Å². The van der Waals surface area contributed by atoms with E-state index in [1.807, 2.05) is 0 Å². The number of amides is 1. The molecule has 0 unspecified atom stereocenters. The van der Waals surface area contributed by atoms with E-state index >= 15 is 0 Å². The van der Waals surface area contributed by atoms with Gasteiger partial charge in [-0.2, -0.15) is 0 Å². The maximum atomic E-state index is 11.4. The van der Waals surface area contributed by atoms with Gasteiger partial charge in [-0.05, 0) is 24.3 Å². The molecule has 0 saturated heterocycles. The molecule has 4 heteroatoms. The minimum atomic E-state index is -0.224. The molecule has 0 aromatic heterocycles. The highest BCUT2D eigenvalue weighted by Crippen LogP contribution is 2.11. The molecule has 0 radical (unpaired) electrons. The molecule has 0 heterocycles. The quantitative estimate of drug-likeness (QED) is 0.706. The molecule has 1 amide bonds. The Bertz CT molecular complexity index is 378. The van der Waals surface area contributed by atoms with E-state index < -0.39 is 0 Å². The molecule has 16 heavy (non-hydrogen) atoms. The zero-order valence-corrected chi connectivity index (χ0v) is 8.77. The number of aliphatic hydroxyl groups excluding tert-OH is 1. The van der Waals surface area contributed by atoms with Crippen molar-refractivity contribution in [2.24, 2.45) is 0 Å². The minimum Gasteiger partial charge on any atom is -0.481 e. The average molecular weight is 219 g/mol. The minimum absolute atomic E-state index is 0.0743. The topological polar surface area (TPSA) is 58.6 Å². The molecule has 84 valence electrons. The fourth-order valence-corrected chi connectivity index (χ4v) is 1.10. The molecular formula is C12H13NO3. The summed E-state index contributed by atoms with van der Waals surface area (Å²) in [5.74, 6) is 2.75. The van der Waals surface area contributed by atoms with E-state index in [1.165, 1.54) is 0 Å². The van der Waals surface area contributed by atoms with Crippen molar-refractivity contribution in [2.75, 3.05) is 19.8 Å². The Balaban J connectivity index is 2.57. The summed E-state index contributed by atoms with van der Waals surface area (Å²) in [5, 5.41) is 11.1. The molecule has 4 nitrogen and oxygen atoms in total. The predicted molar refractivity (Wildman–Crippen MR) is 60.2 cm³/mol. The fraction of sp³-hybridized carbons (Fsp3) is 0.250. The molecule has 1 aromatic rings. The number of hydrogen-bond donors (Lipinski definition) is 2. The van der Waals surface area contributed by atoms with E-state index in [0.717, 1.165) is 0 Å². The number of ether oxygens (including phenoxy) is 1. The number of benzene rings is 1. The monoisotopic (exact) mass is 219 g/mol. The smallest absolute Gasteiger partial charge is 0.251 e. The molecular weight excluding hydrogens is 206 g/mol. The lowest BCUT2D eigenvalue weighted by Gasteiger charge is -2.05. The second-order valence-electron chi connectivity index (χ2n) is 3.00. The summed E-state index contributed by atoms with van der Waals surface area (Å²) in [4.78, 5) is 11.4. The Hall–Kier alpha value is -1.99. The van der Waals surface area contributed by atoms with Crippen LogP contribution in [0.15, 0.2) is 24.3 Å². The highest BCUT2D eigenvalue weighted by molar-refractivity contribution is 5.94. The Morgan fingerprint density at radius 3 is 2.69 bits per heavy atom. The first kappa shape index (κ1) is 12.1. The maximum absolute atomic E-state index is 11.4. The lowest BCUT2D eigenvalue weighted by Crippen LogP contribution is -2.26. The number of carbonyl (C=O) groups excluding carboxylic acids is 1. The first-order valence-corrected chi connectivity index (χ1v) is 4.83. The lowest BCUT2D eigenvalue weighted by molar-refractivity contribution is 0.0945. The van der Waals surface area contributed by atoms with Crippen LogP contribution in [0.5, 0.6) is 5.75 Å². The third-order valence-electron chi connectivity index (χ3n) is 1.84. The van der Waals surface area contributed by atoms with Gasteiger partial charge in [0.1, 0.15) is 12.4 Å². The van der Waals surface area contributed by atoms with Gasteiger partial charge >= 0.3 is 0 Å². The summed E-state index contributed by atoms with van der Waals surface area (Å²) in [6.45, 7) is 0.374. The van der Waals surface area contributed by atoms with E-state index in [0.29, 0.717) is 11.3 Å². The number of carbonyl (C=O) groups is 1. The van der Waals surface area contributed by atoms with Gasteiger partial charge in [0.05, 0.1) is 6.61 Å². The van der Waals surface area contributed by atoms with E-state index in [4.69, 9.17) is 16.3 Å². The van der Waals surface area contributed by atoms with Crippen molar-refractivity contribution in [3.8, 4) is 18.1 Å². The van der Waals surface area contributed by atoms with Crippen LogP contribution >= 0.6 is 0 Å². The van der Waals surface area contributed by atoms with Gasteiger partial charge in [-0.1, -0.05) is 5.92 Å². The highest BCUT2D eigenvalue weighted by atomic mass is 16.5. The van der Waals surface area contributed by atoms with Crippen LogP contribution in [0, 0.1) is 12.3 Å². The van der Waals surface area contributed by atoms with Crippen molar-refractivity contribution in [1.82, 2.24) is 5.32 Å². The molecule has 0 aliphatic rings. The van der Waals surface area contributed by atoms with Crippen molar-refractivity contribution in [3.63, 3.8) is 0 Å². The fourth-order valence-electron chi connectivity index (χ4n) is 1.10. The number of hydrogen-bond acceptors (Lipinski definition) is 3. The van der Waals surface area contributed by atoms with Crippen molar-refractivity contribution in [1.29, 1.82) is 0 Å². The maximum Gasteiger partial charge on any atom is 0.251 e. The summed E-state index contributed by atoms with van der Waals surface area (Å²) in [7, 11) is 0. The summed E-state index contributed by atoms with van der Waals surface area (Å²) in [6.07, 6.45) is 5.05. The predicted octanol–water partition coefficient (Wildman–Crippen LogP) is 0.421. The van der Waals surface area contributed by atoms with Crippen LogP contribution in [0.4, 0.5) is 0 Å². The molecule has 0 bridgehead atoms. The van der Waals surface area contributed by atoms with Crippen molar-refractivity contribution >= 4 is 5.91 Å². The second-order valence-corrected chi connectivity index (χ2v) is 3.00. The standard InChI is InChI=1S/C12H13NO3/c1-2-9-16-11-5-3-10(4-6-11)12(15)13-7-8-14/h1,3-6,14H,7-9H2,(H,13,15). The first-order valence-electron chi connectivity index (χ1n) is 4.83. The van der Waals surface area contributed by atoms with Gasteiger partial charge < -0.3 is 15.2 Å². The van der Waals surface area contributed by atoms with Gasteiger partial charge in [-0.15, -0.1) is 6.42 Å². The van der Waals surface area contributed by atoms with Gasteiger partial charge in [0.15, 0.2) is 0 Å². The van der Waals surface area contributed by atoms with Crippen LogP contribution in [0.2, 0.25) is 0 Å². The summed E-state index contributed by atoms with van der Waals surface area (Å²) >= 11 is 0. The van der Waals surface area contributed by atoms with Crippen LogP contribution in [0.1, 0.15) is 10.4 Å². The number of rotatable bonds is 5. The molecule has 1 rings (SSSR count). The molecule has 2 N–H and O–H groups in total. The Morgan fingerprint density at radius 2 is 2.12 bits per heavy atom. The van der Waals surface area contributed by atoms with Crippen molar-refractivity contribution < 1.29 is 14.6 Å². The number of aliphatic hydroxyl groups is 1. The Morgan fingerprint density at radius 1 is 1.44 bits per heavy atom. The van der Waals surface area contributed by atoms with Gasteiger partial charge in [0.25, 0.3) is 5.91 Å². The third kappa shape index (κ3) is 3.64. The molecule has 0 aliphatic heterocycles. The molecule has 0 atom stereocenters. The summed E-state index contributed by atoms with van der Waals surface area (Å²) in [5.41, 5.74) is 0.515. The van der Waals surface area contributed by atoms with E-state index in [1.54, 1.807) is 24.3 Å². The largest absolute Gasteiger partial charge is 0.481 e. The number of nitrogens with one attached hydrogen (secondary N) is 1. The zero-order valence-electron chi connectivity index (χ0n) is 8.77. The van der Waals surface area contributed by atoms with E-state index in [9.17, 15) is 4.79 Å². The normalized spacial score (nSPS) is 9.25. The van der Waals surface area contributed by atoms with Crippen LogP contribution in [0.3, 0.4) is 0 Å². The molecule has 0 aliphatic carbocycles. The molecule has 1 aromatic carbocycles. The molecule has 0 fully saturated rings. The number of terminal acetylenes is 1. The van der Waals surface area contributed by atoms with Crippen LogP contribution in [-0.2, 0) is 0 Å². The summed E-state index contributed by atoms with van der Waals surface area (Å²) < 4.78 is 5.16. The zero-order chi connectivity index (χ0) is 11.8. The van der Waals surface area contributed by atoms with Crippen molar-refractivity contribution in [2.45, 2.75) is 0 Å². The van der Waals surface area contributed by atoms with E-state index in [2.05, 4.69) is 11.2 Å². The first-order chi connectivity index (χ1) is 7.77. The second kappa shape index (κ2) is 6.49. The molecule has 0 saturated carbocycles. The van der Waals surface area contributed by atoms with Crippen LogP contribution in [0.25, 0.3) is 0 Å². The average Bonchev–Trinajstić information content (AvgIpc) is 2.34. The Kier molecular flexibility index (Phi) is 4.90. The summed E-state index contributed by atoms with van der Waals surface area (Å²) in [6, 6.07) is 6.62. The Labute approximate surface area is 94.2 Å². The van der Waals surface area contributed by atoms with E-state index in [-0.39, 0.29) is 25.7 Å². The lowest BCUT2D eigenvalue weighted by atomic mass is 10.2. The molecule has 0 spiro atoms. The SMILES string of the molecule is C#CCOc1ccc(C(=O)NCCO)cc1. The third-order valence-corrected chi connectivity index (χ3v) is 1.84. The van der Waals surface area contributed by atoms with Crippen molar-refractivity contribution in [3.05, 3.63) is 29.8 Å². The van der Waals surface area contributed by atoms with Crippen LogP contribution in [-0.4, -0.2) is 30.8 Å².